The molecule has 0 radical (unpaired) electrons. The third-order valence-corrected chi connectivity index (χ3v) is 7.72. The lowest BCUT2D eigenvalue weighted by molar-refractivity contribution is -0.118. The van der Waals surface area contributed by atoms with Crippen molar-refractivity contribution in [2.75, 3.05) is 25.0 Å². The van der Waals surface area contributed by atoms with Crippen LogP contribution in [0.2, 0.25) is 0 Å². The van der Waals surface area contributed by atoms with Gasteiger partial charge in [-0.2, -0.15) is 4.31 Å². The summed E-state index contributed by atoms with van der Waals surface area (Å²) in [6, 6.07) is 6.64. The largest absolute Gasteiger partial charge is 0.467 e. The highest BCUT2D eigenvalue weighted by molar-refractivity contribution is 7.89. The van der Waals surface area contributed by atoms with Crippen LogP contribution in [0.15, 0.2) is 40.9 Å². The van der Waals surface area contributed by atoms with Crippen LogP contribution in [0.5, 0.6) is 5.88 Å². The minimum atomic E-state index is -3.58. The quantitative estimate of drug-likeness (QED) is 0.624. The Morgan fingerprint density at radius 1 is 1.20 bits per heavy atom. The lowest BCUT2D eigenvalue weighted by atomic mass is 10.2. The van der Waals surface area contributed by atoms with Crippen LogP contribution in [0, 0.1) is 6.92 Å². The number of fused-ring (bicyclic) bond motifs is 1. The number of ether oxygens (including phenoxy) is 1. The van der Waals surface area contributed by atoms with Gasteiger partial charge in [0.25, 0.3) is 5.91 Å². The molecule has 0 aliphatic carbocycles. The summed E-state index contributed by atoms with van der Waals surface area (Å²) in [5, 5.41) is 5.38. The molecule has 0 bridgehead atoms. The van der Waals surface area contributed by atoms with Crippen molar-refractivity contribution in [3.63, 3.8) is 0 Å². The van der Waals surface area contributed by atoms with Gasteiger partial charge in [-0.05, 0) is 48.9 Å². The van der Waals surface area contributed by atoms with E-state index in [-0.39, 0.29) is 11.5 Å². The van der Waals surface area contributed by atoms with E-state index in [0.29, 0.717) is 24.7 Å². The van der Waals surface area contributed by atoms with E-state index in [9.17, 15) is 13.2 Å². The van der Waals surface area contributed by atoms with Gasteiger partial charge in [-0.3, -0.25) is 4.79 Å². The van der Waals surface area contributed by atoms with Gasteiger partial charge in [0.2, 0.25) is 15.9 Å². The molecule has 30 heavy (non-hydrogen) atoms. The van der Waals surface area contributed by atoms with Crippen LogP contribution in [0.25, 0.3) is 10.2 Å². The molecule has 3 heterocycles. The minimum Gasteiger partial charge on any atom is -0.467 e. The maximum absolute atomic E-state index is 12.9. The number of hydrogen-bond donors (Lipinski definition) is 1. The maximum Gasteiger partial charge on any atom is 0.262 e. The second kappa shape index (κ2) is 8.66. The van der Waals surface area contributed by atoms with E-state index in [2.05, 4.69) is 15.3 Å². The fourth-order valence-electron chi connectivity index (χ4n) is 3.35. The monoisotopic (exact) mass is 446 g/mol. The molecule has 158 valence electrons. The van der Waals surface area contributed by atoms with E-state index in [4.69, 9.17) is 4.74 Å². The molecule has 1 amide bonds. The SMILES string of the molecule is Cc1ccc(S(=O)(=O)N2CCCCC2)cc1NC(=O)COc1ncnc2sccc12. The number of piperidine rings is 1. The highest BCUT2D eigenvalue weighted by Crippen LogP contribution is 2.27. The molecule has 10 heteroatoms. The summed E-state index contributed by atoms with van der Waals surface area (Å²) in [6.07, 6.45) is 4.18. The van der Waals surface area contributed by atoms with Crippen molar-refractivity contribution in [1.29, 1.82) is 0 Å². The summed E-state index contributed by atoms with van der Waals surface area (Å²) in [7, 11) is -3.58. The predicted octanol–water partition coefficient (Wildman–Crippen LogP) is 3.19. The number of nitrogens with one attached hydrogen (secondary N) is 1. The topological polar surface area (TPSA) is 101 Å². The smallest absolute Gasteiger partial charge is 0.262 e. The Morgan fingerprint density at radius 3 is 2.80 bits per heavy atom. The average molecular weight is 447 g/mol. The molecule has 4 rings (SSSR count). The summed E-state index contributed by atoms with van der Waals surface area (Å²) in [5.74, 6) is -0.0536. The third kappa shape index (κ3) is 4.30. The second-order valence-corrected chi connectivity index (χ2v) is 9.93. The number of aryl methyl sites for hydroxylation is 1. The maximum atomic E-state index is 12.9. The predicted molar refractivity (Wildman–Crippen MR) is 115 cm³/mol. The molecule has 0 atom stereocenters. The molecule has 1 aliphatic heterocycles. The number of thiophene rings is 1. The number of nitrogens with zero attached hydrogens (tertiary/aromatic N) is 3. The molecule has 1 fully saturated rings. The highest BCUT2D eigenvalue weighted by atomic mass is 32.2. The Balaban J connectivity index is 1.46. The average Bonchev–Trinajstić information content (AvgIpc) is 3.24. The Labute approximate surface area is 179 Å². The lowest BCUT2D eigenvalue weighted by Gasteiger charge is -2.26. The van der Waals surface area contributed by atoms with Crippen LogP contribution in [-0.4, -0.2) is 48.3 Å². The van der Waals surface area contributed by atoms with Gasteiger partial charge in [0, 0.05) is 18.8 Å². The summed E-state index contributed by atoms with van der Waals surface area (Å²) in [5.41, 5.74) is 1.22. The van der Waals surface area contributed by atoms with E-state index in [1.165, 1.54) is 28.0 Å². The number of hydrogen-bond acceptors (Lipinski definition) is 7. The zero-order valence-electron chi connectivity index (χ0n) is 16.5. The third-order valence-electron chi connectivity index (χ3n) is 5.00. The first-order chi connectivity index (χ1) is 14.4. The lowest BCUT2D eigenvalue weighted by Crippen LogP contribution is -2.35. The number of anilines is 1. The summed E-state index contributed by atoms with van der Waals surface area (Å²) < 4.78 is 32.9. The number of sulfonamides is 1. The molecule has 0 saturated carbocycles. The molecule has 8 nitrogen and oxygen atoms in total. The number of benzene rings is 1. The van der Waals surface area contributed by atoms with Crippen LogP contribution in [0.1, 0.15) is 24.8 Å². The van der Waals surface area contributed by atoms with Crippen LogP contribution in [0.4, 0.5) is 5.69 Å². The molecular weight excluding hydrogens is 424 g/mol. The molecule has 0 unspecified atom stereocenters. The van der Waals surface area contributed by atoms with Crippen LogP contribution < -0.4 is 10.1 Å². The molecule has 1 aliphatic rings. The van der Waals surface area contributed by atoms with Gasteiger partial charge in [-0.1, -0.05) is 12.5 Å². The van der Waals surface area contributed by atoms with Gasteiger partial charge in [0.15, 0.2) is 6.61 Å². The fraction of sp³-hybridized carbons (Fsp3) is 0.350. The van der Waals surface area contributed by atoms with Gasteiger partial charge in [-0.15, -0.1) is 11.3 Å². The Kier molecular flexibility index (Phi) is 5.98. The molecule has 2 aromatic heterocycles. The first-order valence-electron chi connectivity index (χ1n) is 9.67. The van der Waals surface area contributed by atoms with E-state index in [1.54, 1.807) is 12.1 Å². The van der Waals surface area contributed by atoms with Crippen molar-refractivity contribution in [3.05, 3.63) is 41.5 Å². The van der Waals surface area contributed by atoms with Gasteiger partial charge in [-0.25, -0.2) is 18.4 Å². The van der Waals surface area contributed by atoms with Gasteiger partial charge >= 0.3 is 0 Å². The van der Waals surface area contributed by atoms with E-state index in [0.717, 1.165) is 35.0 Å². The van der Waals surface area contributed by atoms with Gasteiger partial charge in [0.1, 0.15) is 11.2 Å². The van der Waals surface area contributed by atoms with Crippen molar-refractivity contribution in [1.82, 2.24) is 14.3 Å². The highest BCUT2D eigenvalue weighted by Gasteiger charge is 2.26. The van der Waals surface area contributed by atoms with Crippen molar-refractivity contribution in [2.24, 2.45) is 0 Å². The summed E-state index contributed by atoms with van der Waals surface area (Å²) in [6.45, 7) is 2.63. The van der Waals surface area contributed by atoms with E-state index in [1.807, 2.05) is 18.4 Å². The number of aromatic nitrogens is 2. The minimum absolute atomic E-state index is 0.182. The summed E-state index contributed by atoms with van der Waals surface area (Å²) >= 11 is 1.46. The number of rotatable bonds is 6. The molecule has 1 N–H and O–H groups in total. The normalized spacial score (nSPS) is 15.2. The van der Waals surface area contributed by atoms with Crippen molar-refractivity contribution in [3.8, 4) is 5.88 Å². The number of carbonyl (C=O) groups is 1. The number of carbonyl (C=O) groups excluding carboxylic acids is 1. The zero-order chi connectivity index (χ0) is 21.1. The molecule has 1 saturated heterocycles. The zero-order valence-corrected chi connectivity index (χ0v) is 18.1. The van der Waals surface area contributed by atoms with Crippen LogP contribution >= 0.6 is 11.3 Å². The van der Waals surface area contributed by atoms with Crippen molar-refractivity contribution < 1.29 is 17.9 Å². The van der Waals surface area contributed by atoms with Crippen LogP contribution in [-0.2, 0) is 14.8 Å². The van der Waals surface area contributed by atoms with Gasteiger partial charge in [0.05, 0.1) is 10.3 Å². The Bertz CT molecular complexity index is 1170. The fourth-order valence-corrected chi connectivity index (χ4v) is 5.62. The van der Waals surface area contributed by atoms with E-state index >= 15 is 0 Å². The van der Waals surface area contributed by atoms with Crippen molar-refractivity contribution >= 4 is 43.2 Å². The Hall–Kier alpha value is -2.56. The second-order valence-electron chi connectivity index (χ2n) is 7.10. The molecule has 3 aromatic rings. The number of amides is 1. The standard InChI is InChI=1S/C20H22N4O4S2/c1-14-5-6-15(30(26,27)24-8-3-2-4-9-24)11-17(14)23-18(25)12-28-19-16-7-10-29-20(16)22-13-21-19/h5-7,10-11,13H,2-4,8-9,12H2,1H3,(H,23,25). The first-order valence-corrected chi connectivity index (χ1v) is 12.0. The summed E-state index contributed by atoms with van der Waals surface area (Å²) in [4.78, 5) is 21.6. The van der Waals surface area contributed by atoms with E-state index < -0.39 is 15.9 Å². The first kappa shape index (κ1) is 20.7. The molecule has 0 spiro atoms. The van der Waals surface area contributed by atoms with Crippen molar-refractivity contribution in [2.45, 2.75) is 31.1 Å². The molecular formula is C20H22N4O4S2. The van der Waals surface area contributed by atoms with Crippen LogP contribution in [0.3, 0.4) is 0 Å². The Morgan fingerprint density at radius 2 is 2.00 bits per heavy atom. The van der Waals surface area contributed by atoms with Gasteiger partial charge < -0.3 is 10.1 Å². The molecule has 1 aromatic carbocycles.